The SMILES string of the molecule is Nc1ccccc1N1CC=Cc2ccccc21. The summed E-state index contributed by atoms with van der Waals surface area (Å²) in [4.78, 5) is 2.24. The molecular weight excluding hydrogens is 208 g/mol. The van der Waals surface area contributed by atoms with Gasteiger partial charge in [0, 0.05) is 12.2 Å². The lowest BCUT2D eigenvalue weighted by atomic mass is 10.1. The fourth-order valence-electron chi connectivity index (χ4n) is 2.22. The third kappa shape index (κ3) is 1.68. The summed E-state index contributed by atoms with van der Waals surface area (Å²) in [6, 6.07) is 16.4. The predicted molar refractivity (Wildman–Crippen MR) is 73.3 cm³/mol. The van der Waals surface area contributed by atoms with Gasteiger partial charge < -0.3 is 10.6 Å². The first-order chi connectivity index (χ1) is 8.36. The van der Waals surface area contributed by atoms with E-state index in [1.165, 1.54) is 11.3 Å². The van der Waals surface area contributed by atoms with E-state index in [4.69, 9.17) is 5.73 Å². The molecule has 0 amide bonds. The van der Waals surface area contributed by atoms with Crippen LogP contribution >= 0.6 is 0 Å². The van der Waals surface area contributed by atoms with E-state index in [0.717, 1.165) is 17.9 Å². The summed E-state index contributed by atoms with van der Waals surface area (Å²) in [5, 5.41) is 0. The summed E-state index contributed by atoms with van der Waals surface area (Å²) >= 11 is 0. The van der Waals surface area contributed by atoms with Gasteiger partial charge in [0.25, 0.3) is 0 Å². The molecule has 0 radical (unpaired) electrons. The minimum Gasteiger partial charge on any atom is -0.397 e. The van der Waals surface area contributed by atoms with Crippen molar-refractivity contribution in [3.63, 3.8) is 0 Å². The average Bonchev–Trinajstić information content (AvgIpc) is 2.39. The highest BCUT2D eigenvalue weighted by Crippen LogP contribution is 2.34. The van der Waals surface area contributed by atoms with Gasteiger partial charge in [-0.15, -0.1) is 0 Å². The van der Waals surface area contributed by atoms with Crippen molar-refractivity contribution in [2.24, 2.45) is 0 Å². The zero-order valence-electron chi connectivity index (χ0n) is 9.51. The number of fused-ring (bicyclic) bond motifs is 1. The molecule has 0 atom stereocenters. The Morgan fingerprint density at radius 1 is 0.882 bits per heavy atom. The van der Waals surface area contributed by atoms with E-state index in [2.05, 4.69) is 47.4 Å². The largest absolute Gasteiger partial charge is 0.397 e. The second-order valence-electron chi connectivity index (χ2n) is 4.13. The summed E-state index contributed by atoms with van der Waals surface area (Å²) in [6.07, 6.45) is 4.32. The number of hydrogen-bond donors (Lipinski definition) is 1. The minimum atomic E-state index is 0.817. The summed E-state index contributed by atoms with van der Waals surface area (Å²) in [5.74, 6) is 0. The normalized spacial score (nSPS) is 13.5. The van der Waals surface area contributed by atoms with Crippen LogP contribution in [-0.2, 0) is 0 Å². The van der Waals surface area contributed by atoms with Crippen molar-refractivity contribution in [2.45, 2.75) is 0 Å². The first kappa shape index (κ1) is 9.97. The van der Waals surface area contributed by atoms with Crippen LogP contribution in [0.1, 0.15) is 5.56 Å². The van der Waals surface area contributed by atoms with Crippen molar-refractivity contribution in [1.29, 1.82) is 0 Å². The van der Waals surface area contributed by atoms with E-state index in [-0.39, 0.29) is 0 Å². The Bertz CT molecular complexity index is 573. The van der Waals surface area contributed by atoms with Gasteiger partial charge in [-0.25, -0.2) is 0 Å². The lowest BCUT2D eigenvalue weighted by Gasteiger charge is -2.29. The Hall–Kier alpha value is -2.22. The molecule has 0 aromatic heterocycles. The van der Waals surface area contributed by atoms with Crippen LogP contribution < -0.4 is 10.6 Å². The smallest absolute Gasteiger partial charge is 0.0647 e. The Balaban J connectivity index is 2.12. The van der Waals surface area contributed by atoms with Crippen molar-refractivity contribution in [3.8, 4) is 0 Å². The fraction of sp³-hybridized carbons (Fsp3) is 0.0667. The number of anilines is 3. The molecule has 17 heavy (non-hydrogen) atoms. The molecule has 0 aliphatic carbocycles. The summed E-state index contributed by atoms with van der Waals surface area (Å²) < 4.78 is 0. The molecule has 1 aliphatic heterocycles. The summed E-state index contributed by atoms with van der Waals surface area (Å²) in [7, 11) is 0. The predicted octanol–water partition coefficient (Wildman–Crippen LogP) is 3.43. The van der Waals surface area contributed by atoms with E-state index >= 15 is 0 Å². The molecule has 84 valence electrons. The Morgan fingerprint density at radius 2 is 1.59 bits per heavy atom. The van der Waals surface area contributed by atoms with Gasteiger partial charge in [0.15, 0.2) is 0 Å². The molecular formula is C15H14N2. The number of nitrogen functional groups attached to an aromatic ring is 1. The second kappa shape index (κ2) is 3.98. The van der Waals surface area contributed by atoms with Gasteiger partial charge >= 0.3 is 0 Å². The van der Waals surface area contributed by atoms with Gasteiger partial charge in [-0.05, 0) is 23.8 Å². The lowest BCUT2D eigenvalue weighted by molar-refractivity contribution is 1.08. The molecule has 1 heterocycles. The van der Waals surface area contributed by atoms with E-state index < -0.39 is 0 Å². The summed E-state index contributed by atoms with van der Waals surface area (Å²) in [6.45, 7) is 0.866. The lowest BCUT2D eigenvalue weighted by Crippen LogP contribution is -2.21. The van der Waals surface area contributed by atoms with Gasteiger partial charge in [0.05, 0.1) is 11.4 Å². The standard InChI is InChI=1S/C15H14N2/c16-13-8-2-4-10-15(13)17-11-5-7-12-6-1-3-9-14(12)17/h1-10H,11,16H2. The minimum absolute atomic E-state index is 0.817. The third-order valence-corrected chi connectivity index (χ3v) is 3.04. The molecule has 2 aromatic rings. The average molecular weight is 222 g/mol. The molecule has 3 rings (SSSR count). The van der Waals surface area contributed by atoms with Gasteiger partial charge in [0.1, 0.15) is 0 Å². The highest BCUT2D eigenvalue weighted by atomic mass is 15.1. The molecule has 0 spiro atoms. The molecule has 0 fully saturated rings. The highest BCUT2D eigenvalue weighted by molar-refractivity contribution is 5.82. The molecule has 0 saturated carbocycles. The van der Waals surface area contributed by atoms with Crippen molar-refractivity contribution in [1.82, 2.24) is 0 Å². The van der Waals surface area contributed by atoms with E-state index in [0.29, 0.717) is 0 Å². The zero-order valence-corrected chi connectivity index (χ0v) is 9.51. The topological polar surface area (TPSA) is 29.3 Å². The van der Waals surface area contributed by atoms with Gasteiger partial charge in [-0.1, -0.05) is 42.5 Å². The van der Waals surface area contributed by atoms with E-state index in [9.17, 15) is 0 Å². The maximum Gasteiger partial charge on any atom is 0.0647 e. The molecule has 0 bridgehead atoms. The Kier molecular flexibility index (Phi) is 2.33. The van der Waals surface area contributed by atoms with Crippen LogP contribution in [0.2, 0.25) is 0 Å². The highest BCUT2D eigenvalue weighted by Gasteiger charge is 2.15. The number of nitrogens with two attached hydrogens (primary N) is 1. The van der Waals surface area contributed by atoms with Gasteiger partial charge in [-0.3, -0.25) is 0 Å². The van der Waals surface area contributed by atoms with Crippen LogP contribution in [0.4, 0.5) is 17.1 Å². The zero-order chi connectivity index (χ0) is 11.7. The number of nitrogens with zero attached hydrogens (tertiary/aromatic N) is 1. The number of hydrogen-bond acceptors (Lipinski definition) is 2. The molecule has 2 aromatic carbocycles. The Morgan fingerprint density at radius 3 is 2.41 bits per heavy atom. The van der Waals surface area contributed by atoms with E-state index in [1.54, 1.807) is 0 Å². The first-order valence-electron chi connectivity index (χ1n) is 5.74. The number of rotatable bonds is 1. The summed E-state index contributed by atoms with van der Waals surface area (Å²) in [5.41, 5.74) is 10.4. The number of para-hydroxylation sites is 3. The maximum absolute atomic E-state index is 6.04. The molecule has 0 saturated heterocycles. The first-order valence-corrected chi connectivity index (χ1v) is 5.74. The van der Waals surface area contributed by atoms with E-state index in [1.807, 2.05) is 18.2 Å². The van der Waals surface area contributed by atoms with Crippen molar-refractivity contribution in [3.05, 3.63) is 60.2 Å². The van der Waals surface area contributed by atoms with Crippen LogP contribution in [-0.4, -0.2) is 6.54 Å². The molecule has 2 N–H and O–H groups in total. The van der Waals surface area contributed by atoms with Crippen molar-refractivity contribution < 1.29 is 0 Å². The molecule has 2 nitrogen and oxygen atoms in total. The quantitative estimate of drug-likeness (QED) is 0.749. The molecule has 0 unspecified atom stereocenters. The van der Waals surface area contributed by atoms with Crippen molar-refractivity contribution >= 4 is 23.1 Å². The Labute approximate surface area is 101 Å². The monoisotopic (exact) mass is 222 g/mol. The third-order valence-electron chi connectivity index (χ3n) is 3.04. The molecule has 1 aliphatic rings. The fourth-order valence-corrected chi connectivity index (χ4v) is 2.22. The van der Waals surface area contributed by atoms with Crippen LogP contribution in [0.3, 0.4) is 0 Å². The van der Waals surface area contributed by atoms with Crippen LogP contribution in [0, 0.1) is 0 Å². The van der Waals surface area contributed by atoms with Gasteiger partial charge in [-0.2, -0.15) is 0 Å². The second-order valence-corrected chi connectivity index (χ2v) is 4.13. The molecule has 2 heteroatoms. The van der Waals surface area contributed by atoms with Crippen LogP contribution in [0.5, 0.6) is 0 Å². The van der Waals surface area contributed by atoms with Crippen molar-refractivity contribution in [2.75, 3.05) is 17.2 Å². The van der Waals surface area contributed by atoms with Gasteiger partial charge in [0.2, 0.25) is 0 Å². The van der Waals surface area contributed by atoms with Crippen LogP contribution in [0.25, 0.3) is 6.08 Å². The van der Waals surface area contributed by atoms with Crippen LogP contribution in [0.15, 0.2) is 54.6 Å². The number of benzene rings is 2. The maximum atomic E-state index is 6.04.